The molecule has 2 aliphatic heterocycles. The van der Waals surface area contributed by atoms with Crippen LogP contribution < -0.4 is 24.6 Å². The van der Waals surface area contributed by atoms with Gasteiger partial charge in [0.05, 0.1) is 44.2 Å². The predicted molar refractivity (Wildman–Crippen MR) is 126 cm³/mol. The molecule has 0 unspecified atom stereocenters. The van der Waals surface area contributed by atoms with Crippen LogP contribution in [0.25, 0.3) is 0 Å². The van der Waals surface area contributed by atoms with Crippen molar-refractivity contribution >= 4 is 34.2 Å². The van der Waals surface area contributed by atoms with Crippen LogP contribution in [-0.2, 0) is 15.5 Å². The molecule has 34 heavy (non-hydrogen) atoms. The van der Waals surface area contributed by atoms with E-state index in [2.05, 4.69) is 5.32 Å². The Labute approximate surface area is 199 Å². The molecule has 2 amide bonds. The average molecular weight is 492 g/mol. The van der Waals surface area contributed by atoms with Gasteiger partial charge in [0.1, 0.15) is 23.4 Å². The maximum atomic E-state index is 14.8. The summed E-state index contributed by atoms with van der Waals surface area (Å²) >= 11 is 0. The summed E-state index contributed by atoms with van der Waals surface area (Å²) in [5, 5.41) is 2.74. The molecule has 0 saturated carbocycles. The molecule has 2 aliphatic rings. The van der Waals surface area contributed by atoms with Crippen molar-refractivity contribution in [1.29, 1.82) is 0 Å². The maximum Gasteiger partial charge on any atom is 0.414 e. The first-order valence-corrected chi connectivity index (χ1v) is 12.3. The lowest BCUT2D eigenvalue weighted by atomic mass is 10.1. The van der Waals surface area contributed by atoms with Crippen molar-refractivity contribution in [2.75, 3.05) is 61.7 Å². The van der Waals surface area contributed by atoms with E-state index < -0.39 is 34.7 Å². The summed E-state index contributed by atoms with van der Waals surface area (Å²) in [5.74, 6) is 1.05. The average Bonchev–Trinajstić information content (AvgIpc) is 3.23. The third kappa shape index (κ3) is 5.09. The van der Waals surface area contributed by atoms with Crippen LogP contribution in [0.4, 0.5) is 20.6 Å². The van der Waals surface area contributed by atoms with Crippen molar-refractivity contribution in [2.24, 2.45) is 0 Å². The van der Waals surface area contributed by atoms with Crippen LogP contribution in [0.5, 0.6) is 11.5 Å². The first kappa shape index (κ1) is 23.8. The molecule has 0 aromatic heterocycles. The first-order chi connectivity index (χ1) is 16.4. The maximum absolute atomic E-state index is 14.8. The highest BCUT2D eigenvalue weighted by Gasteiger charge is 2.33. The van der Waals surface area contributed by atoms with Crippen molar-refractivity contribution in [3.05, 3.63) is 47.8 Å². The lowest BCUT2D eigenvalue weighted by Crippen LogP contribution is -2.38. The number of anilines is 2. The van der Waals surface area contributed by atoms with Crippen LogP contribution in [0.15, 0.2) is 36.4 Å². The molecule has 4 rings (SSSR count). The lowest BCUT2D eigenvalue weighted by Gasteiger charge is -2.29. The summed E-state index contributed by atoms with van der Waals surface area (Å²) in [5.41, 5.74) is 1.08. The van der Waals surface area contributed by atoms with E-state index in [4.69, 9.17) is 14.2 Å². The number of nitrogens with one attached hydrogen (secondary N) is 1. The van der Waals surface area contributed by atoms with Crippen LogP contribution in [0.1, 0.15) is 10.4 Å². The predicted octanol–water partition coefficient (Wildman–Crippen LogP) is 2.17. The number of hydrogen-bond donors (Lipinski definition) is 1. The highest BCUT2D eigenvalue weighted by atomic mass is 32.2. The minimum atomic E-state index is -0.855. The number of hydrogen-bond acceptors (Lipinski definition) is 7. The van der Waals surface area contributed by atoms with Gasteiger partial charge in [-0.2, -0.15) is 0 Å². The van der Waals surface area contributed by atoms with E-state index in [1.807, 2.05) is 4.90 Å². The van der Waals surface area contributed by atoms with Gasteiger partial charge in [0, 0.05) is 35.4 Å². The number of rotatable bonds is 7. The highest BCUT2D eigenvalue weighted by molar-refractivity contribution is 7.85. The second kappa shape index (κ2) is 10.3. The summed E-state index contributed by atoms with van der Waals surface area (Å²) in [6.07, 6.45) is -1.22. The molecule has 1 atom stereocenters. The number of ether oxygens (including phenoxy) is 3. The molecule has 2 aromatic rings. The van der Waals surface area contributed by atoms with Crippen LogP contribution in [0.3, 0.4) is 0 Å². The number of halogens is 1. The molecule has 2 fully saturated rings. The Morgan fingerprint density at radius 1 is 1.18 bits per heavy atom. The standard InChI is InChI=1S/C23H26FN3O6S/c1-31-16-4-6-21(32-2)18(12-16)22(28)25-13-17-14-27(23(29)33-17)15-3-5-20(19(24)11-15)26-7-9-34(30)10-8-26/h3-6,11-12,17H,7-10,13-14H2,1-2H3,(H,25,28)/t17-/m0/s1. The molecule has 11 heteroatoms. The van der Waals surface area contributed by atoms with Crippen LogP contribution in [0.2, 0.25) is 0 Å². The van der Waals surface area contributed by atoms with Crippen molar-refractivity contribution in [1.82, 2.24) is 5.32 Å². The highest BCUT2D eigenvalue weighted by Crippen LogP contribution is 2.29. The minimum Gasteiger partial charge on any atom is -0.497 e. The fourth-order valence-corrected chi connectivity index (χ4v) is 4.98. The zero-order valence-corrected chi connectivity index (χ0v) is 19.7. The molecule has 0 spiro atoms. The Kier molecular flexibility index (Phi) is 7.20. The van der Waals surface area contributed by atoms with Gasteiger partial charge in [0.2, 0.25) is 0 Å². The SMILES string of the molecule is COc1ccc(OC)c(C(=O)NC[C@H]2CN(c3ccc(N4CCS(=O)CC4)c(F)c3)C(=O)O2)c1. The molecule has 182 valence electrons. The Balaban J connectivity index is 1.38. The van der Waals surface area contributed by atoms with Gasteiger partial charge in [0.15, 0.2) is 0 Å². The quantitative estimate of drug-likeness (QED) is 0.634. The van der Waals surface area contributed by atoms with Gasteiger partial charge in [-0.15, -0.1) is 0 Å². The monoisotopic (exact) mass is 491 g/mol. The summed E-state index contributed by atoms with van der Waals surface area (Å²) < 4.78 is 42.1. The number of carbonyl (C=O) groups is 2. The van der Waals surface area contributed by atoms with Crippen molar-refractivity contribution in [3.8, 4) is 11.5 Å². The van der Waals surface area contributed by atoms with E-state index in [1.54, 1.807) is 30.3 Å². The molecule has 0 bridgehead atoms. The molecule has 9 nitrogen and oxygen atoms in total. The Bertz CT molecular complexity index is 1100. The zero-order valence-electron chi connectivity index (χ0n) is 18.9. The molecular weight excluding hydrogens is 465 g/mol. The van der Waals surface area contributed by atoms with E-state index in [-0.39, 0.29) is 13.1 Å². The Morgan fingerprint density at radius 2 is 1.94 bits per heavy atom. The molecule has 1 N–H and O–H groups in total. The third-order valence-electron chi connectivity index (χ3n) is 5.78. The molecule has 0 aliphatic carbocycles. The number of methoxy groups -OCH3 is 2. The molecule has 2 heterocycles. The van der Waals surface area contributed by atoms with Gasteiger partial charge in [-0.05, 0) is 36.4 Å². The van der Waals surface area contributed by atoms with Crippen LogP contribution in [-0.4, -0.2) is 74.2 Å². The van der Waals surface area contributed by atoms with E-state index in [9.17, 15) is 18.2 Å². The van der Waals surface area contributed by atoms with Gasteiger partial charge < -0.3 is 24.4 Å². The second-order valence-electron chi connectivity index (χ2n) is 7.86. The molecule has 2 saturated heterocycles. The van der Waals surface area contributed by atoms with E-state index >= 15 is 0 Å². The van der Waals surface area contributed by atoms with Crippen LogP contribution in [0, 0.1) is 5.82 Å². The lowest BCUT2D eigenvalue weighted by molar-refractivity contribution is 0.0913. The molecular formula is C23H26FN3O6S. The first-order valence-electron chi connectivity index (χ1n) is 10.8. The number of carbonyl (C=O) groups excluding carboxylic acids is 2. The third-order valence-corrected chi connectivity index (χ3v) is 7.05. The number of nitrogens with zero attached hydrogens (tertiary/aromatic N) is 2. The van der Waals surface area contributed by atoms with Gasteiger partial charge in [0.25, 0.3) is 5.91 Å². The van der Waals surface area contributed by atoms with E-state index in [0.29, 0.717) is 53.0 Å². The Morgan fingerprint density at radius 3 is 2.62 bits per heavy atom. The van der Waals surface area contributed by atoms with E-state index in [0.717, 1.165) is 0 Å². The number of benzene rings is 2. The van der Waals surface area contributed by atoms with Gasteiger partial charge in [-0.25, -0.2) is 9.18 Å². The summed E-state index contributed by atoms with van der Waals surface area (Å²) in [6.45, 7) is 1.28. The van der Waals surface area contributed by atoms with Crippen LogP contribution >= 0.6 is 0 Å². The van der Waals surface area contributed by atoms with Crippen molar-refractivity contribution < 1.29 is 32.4 Å². The summed E-state index contributed by atoms with van der Waals surface area (Å²) in [6, 6.07) is 9.45. The summed E-state index contributed by atoms with van der Waals surface area (Å²) in [4.78, 5) is 28.3. The van der Waals surface area contributed by atoms with E-state index in [1.165, 1.54) is 25.2 Å². The minimum absolute atomic E-state index is 0.0763. The smallest absolute Gasteiger partial charge is 0.414 e. The topological polar surface area (TPSA) is 97.4 Å². The normalized spacial score (nSPS) is 18.6. The molecule has 0 radical (unpaired) electrons. The summed E-state index contributed by atoms with van der Waals surface area (Å²) in [7, 11) is 2.11. The van der Waals surface area contributed by atoms with Crippen molar-refractivity contribution in [3.63, 3.8) is 0 Å². The molecule has 2 aromatic carbocycles. The number of amides is 2. The zero-order chi connectivity index (χ0) is 24.2. The van der Waals surface area contributed by atoms with Crippen molar-refractivity contribution in [2.45, 2.75) is 6.10 Å². The Hall–Kier alpha value is -3.34. The second-order valence-corrected chi connectivity index (χ2v) is 9.56. The van der Waals surface area contributed by atoms with Gasteiger partial charge >= 0.3 is 6.09 Å². The fourth-order valence-electron chi connectivity index (χ4n) is 3.93. The van der Waals surface area contributed by atoms with Gasteiger partial charge in [-0.1, -0.05) is 0 Å². The number of cyclic esters (lactones) is 1. The largest absolute Gasteiger partial charge is 0.497 e. The van der Waals surface area contributed by atoms with Gasteiger partial charge in [-0.3, -0.25) is 13.9 Å². The fraction of sp³-hybridized carbons (Fsp3) is 0.391.